The topological polar surface area (TPSA) is 73.6 Å². The molecule has 0 bridgehead atoms. The largest absolute Gasteiger partial charge is 0.497 e. The fraction of sp³-hybridized carbons (Fsp3) is 0.158. The van der Waals surface area contributed by atoms with Gasteiger partial charge in [-0.05, 0) is 29.8 Å². The maximum atomic E-state index is 12.5. The van der Waals surface area contributed by atoms with E-state index in [1.165, 1.54) is 0 Å². The first kappa shape index (κ1) is 15.3. The van der Waals surface area contributed by atoms with Crippen LogP contribution in [0.15, 0.2) is 53.1 Å². The zero-order valence-electron chi connectivity index (χ0n) is 13.6. The van der Waals surface area contributed by atoms with Crippen molar-refractivity contribution in [2.75, 3.05) is 7.11 Å². The molecule has 0 saturated carbocycles. The molecule has 0 radical (unpaired) electrons. The predicted molar refractivity (Wildman–Crippen MR) is 90.4 cm³/mol. The van der Waals surface area contributed by atoms with Gasteiger partial charge in [-0.1, -0.05) is 29.4 Å². The summed E-state index contributed by atoms with van der Waals surface area (Å²) in [5, 5.41) is 6.81. The zero-order chi connectivity index (χ0) is 17.2. The minimum atomic E-state index is -0.296. The third kappa shape index (κ3) is 2.82. The number of nitrogens with zero attached hydrogens (tertiary/aromatic N) is 1. The van der Waals surface area contributed by atoms with Crippen molar-refractivity contribution in [3.05, 3.63) is 65.4 Å². The third-order valence-corrected chi connectivity index (χ3v) is 4.09. The van der Waals surface area contributed by atoms with Crippen molar-refractivity contribution >= 4 is 5.91 Å². The predicted octanol–water partition coefficient (Wildman–Crippen LogP) is 3.17. The van der Waals surface area contributed by atoms with E-state index in [1.54, 1.807) is 7.11 Å². The number of carbonyl (C=O) groups excluding carboxylic acids is 1. The summed E-state index contributed by atoms with van der Waals surface area (Å²) in [6.07, 6.45) is 0. The molecule has 3 aromatic rings. The van der Waals surface area contributed by atoms with E-state index in [-0.39, 0.29) is 18.2 Å². The maximum absolute atomic E-state index is 12.5. The Labute approximate surface area is 144 Å². The molecule has 0 atom stereocenters. The van der Waals surface area contributed by atoms with Crippen molar-refractivity contribution in [1.82, 2.24) is 10.5 Å². The van der Waals surface area contributed by atoms with Crippen LogP contribution < -0.4 is 14.8 Å². The van der Waals surface area contributed by atoms with Crippen molar-refractivity contribution in [2.45, 2.75) is 13.2 Å². The fourth-order valence-corrected chi connectivity index (χ4v) is 2.81. The molecule has 0 saturated heterocycles. The molecule has 0 unspecified atom stereocenters. The number of hydrogen-bond acceptors (Lipinski definition) is 5. The van der Waals surface area contributed by atoms with Gasteiger partial charge in [-0.3, -0.25) is 4.79 Å². The lowest BCUT2D eigenvalue weighted by Crippen LogP contribution is -2.24. The van der Waals surface area contributed by atoms with E-state index in [4.69, 9.17) is 14.0 Å². The number of hydrogen-bond donors (Lipinski definition) is 1. The first-order valence-electron chi connectivity index (χ1n) is 7.88. The quantitative estimate of drug-likeness (QED) is 0.792. The Kier molecular flexibility index (Phi) is 3.85. The van der Waals surface area contributed by atoms with Crippen LogP contribution in [0.5, 0.6) is 11.5 Å². The summed E-state index contributed by atoms with van der Waals surface area (Å²) >= 11 is 0. The van der Waals surface area contributed by atoms with E-state index < -0.39 is 0 Å². The Balaban J connectivity index is 1.53. The van der Waals surface area contributed by atoms with Gasteiger partial charge in [0.1, 0.15) is 18.1 Å². The van der Waals surface area contributed by atoms with Gasteiger partial charge in [0.05, 0.1) is 18.2 Å². The van der Waals surface area contributed by atoms with Crippen LogP contribution in [0.1, 0.15) is 21.6 Å². The summed E-state index contributed by atoms with van der Waals surface area (Å²) in [6.45, 7) is 0.632. The number of carbonyl (C=O) groups is 1. The number of aromatic nitrogens is 1. The van der Waals surface area contributed by atoms with Gasteiger partial charge in [-0.25, -0.2) is 0 Å². The number of methoxy groups -OCH3 is 1. The molecule has 1 aliphatic heterocycles. The monoisotopic (exact) mass is 336 g/mol. The number of ether oxygens (including phenoxy) is 2. The number of benzene rings is 2. The van der Waals surface area contributed by atoms with Gasteiger partial charge in [0.25, 0.3) is 5.91 Å². The summed E-state index contributed by atoms with van der Waals surface area (Å²) in [4.78, 5) is 12.5. The van der Waals surface area contributed by atoms with E-state index >= 15 is 0 Å². The Bertz CT molecular complexity index is 933. The van der Waals surface area contributed by atoms with E-state index in [9.17, 15) is 4.79 Å². The normalized spacial score (nSPS) is 11.9. The third-order valence-electron chi connectivity index (χ3n) is 4.09. The molecule has 1 N–H and O–H groups in total. The number of nitrogens with one attached hydrogen (secondary N) is 1. The minimum Gasteiger partial charge on any atom is -0.497 e. The Morgan fingerprint density at radius 1 is 1.24 bits per heavy atom. The van der Waals surface area contributed by atoms with Crippen molar-refractivity contribution in [3.8, 4) is 22.8 Å². The summed E-state index contributed by atoms with van der Waals surface area (Å²) in [5.41, 5.74) is 2.67. The van der Waals surface area contributed by atoms with Gasteiger partial charge in [0, 0.05) is 6.54 Å². The van der Waals surface area contributed by atoms with Gasteiger partial charge in [0.2, 0.25) is 0 Å². The Morgan fingerprint density at radius 3 is 3.00 bits per heavy atom. The molecule has 6 nitrogen and oxygen atoms in total. The van der Waals surface area contributed by atoms with Gasteiger partial charge >= 0.3 is 0 Å². The van der Waals surface area contributed by atoms with Gasteiger partial charge in [-0.15, -0.1) is 0 Å². The fourth-order valence-electron chi connectivity index (χ4n) is 2.81. The van der Waals surface area contributed by atoms with Crippen LogP contribution >= 0.6 is 0 Å². The van der Waals surface area contributed by atoms with Gasteiger partial charge < -0.3 is 19.3 Å². The van der Waals surface area contributed by atoms with Crippen molar-refractivity contribution in [2.24, 2.45) is 0 Å². The molecule has 0 aliphatic carbocycles. The molecule has 6 heteroatoms. The van der Waals surface area contributed by atoms with Crippen LogP contribution in [0, 0.1) is 0 Å². The average Bonchev–Trinajstić information content (AvgIpc) is 3.11. The second kappa shape index (κ2) is 6.32. The molecule has 0 spiro atoms. The Morgan fingerprint density at radius 2 is 2.12 bits per heavy atom. The molecule has 2 heterocycles. The standard InChI is InChI=1S/C19H16N2O4/c1-23-13-6-4-5-12(9-13)10-20-19(22)17-15-11-24-16-8-3-2-7-14(16)18(15)25-21-17/h2-9H,10-11H2,1H3,(H,20,22). The molecule has 4 rings (SSSR count). The van der Waals surface area contributed by atoms with E-state index in [0.29, 0.717) is 17.9 Å². The molecular weight excluding hydrogens is 320 g/mol. The van der Waals surface area contributed by atoms with E-state index in [0.717, 1.165) is 22.6 Å². The van der Waals surface area contributed by atoms with Gasteiger partial charge in [0.15, 0.2) is 11.5 Å². The highest BCUT2D eigenvalue weighted by molar-refractivity contribution is 5.95. The van der Waals surface area contributed by atoms with Crippen LogP contribution in [-0.2, 0) is 13.2 Å². The lowest BCUT2D eigenvalue weighted by atomic mass is 10.0. The first-order valence-corrected chi connectivity index (χ1v) is 7.88. The van der Waals surface area contributed by atoms with E-state index in [2.05, 4.69) is 10.5 Å². The number of rotatable bonds is 4. The summed E-state index contributed by atoms with van der Waals surface area (Å²) in [7, 11) is 1.61. The molecule has 25 heavy (non-hydrogen) atoms. The van der Waals surface area contributed by atoms with Crippen molar-refractivity contribution in [3.63, 3.8) is 0 Å². The molecule has 0 fully saturated rings. The van der Waals surface area contributed by atoms with Crippen LogP contribution in [0.4, 0.5) is 0 Å². The van der Waals surface area contributed by atoms with Crippen LogP contribution in [0.25, 0.3) is 11.3 Å². The first-order chi connectivity index (χ1) is 12.3. The maximum Gasteiger partial charge on any atom is 0.274 e. The summed E-state index contributed by atoms with van der Waals surface area (Å²) in [5.74, 6) is 1.77. The molecule has 1 aromatic heterocycles. The second-order valence-corrected chi connectivity index (χ2v) is 5.66. The Hall–Kier alpha value is -3.28. The summed E-state index contributed by atoms with van der Waals surface area (Å²) < 4.78 is 16.3. The number of amides is 1. The van der Waals surface area contributed by atoms with E-state index in [1.807, 2.05) is 48.5 Å². The molecular formula is C19H16N2O4. The van der Waals surface area contributed by atoms with Crippen molar-refractivity contribution in [1.29, 1.82) is 0 Å². The SMILES string of the molecule is COc1cccc(CNC(=O)c2noc3c2COc2ccccc2-3)c1. The highest BCUT2D eigenvalue weighted by Crippen LogP contribution is 2.38. The average molecular weight is 336 g/mol. The molecule has 1 aliphatic rings. The lowest BCUT2D eigenvalue weighted by molar-refractivity contribution is 0.0939. The minimum absolute atomic E-state index is 0.257. The highest BCUT2D eigenvalue weighted by Gasteiger charge is 2.28. The summed E-state index contributed by atoms with van der Waals surface area (Å²) in [6, 6.07) is 15.1. The molecule has 126 valence electrons. The number of fused-ring (bicyclic) bond motifs is 3. The highest BCUT2D eigenvalue weighted by atomic mass is 16.5. The molecule has 2 aromatic carbocycles. The molecule has 1 amide bonds. The van der Waals surface area contributed by atoms with Crippen LogP contribution in [-0.4, -0.2) is 18.2 Å². The lowest BCUT2D eigenvalue weighted by Gasteiger charge is -2.15. The smallest absolute Gasteiger partial charge is 0.274 e. The van der Waals surface area contributed by atoms with Gasteiger partial charge in [-0.2, -0.15) is 0 Å². The number of para-hydroxylation sites is 1. The van der Waals surface area contributed by atoms with Crippen molar-refractivity contribution < 1.29 is 18.8 Å². The van der Waals surface area contributed by atoms with Crippen LogP contribution in [0.2, 0.25) is 0 Å². The second-order valence-electron chi connectivity index (χ2n) is 5.66. The zero-order valence-corrected chi connectivity index (χ0v) is 13.6. The van der Waals surface area contributed by atoms with Crippen LogP contribution in [0.3, 0.4) is 0 Å².